The van der Waals surface area contributed by atoms with Gasteiger partial charge in [-0.15, -0.1) is 0 Å². The number of halogens is 1. The van der Waals surface area contributed by atoms with Gasteiger partial charge in [-0.05, 0) is 30.5 Å². The predicted octanol–water partition coefficient (Wildman–Crippen LogP) is 3.61. The zero-order valence-corrected chi connectivity index (χ0v) is 9.46. The Kier molecular flexibility index (Phi) is 4.28. The lowest BCUT2D eigenvalue weighted by atomic mass is 9.92. The molecule has 2 heteroatoms. The van der Waals surface area contributed by atoms with Gasteiger partial charge in [0.2, 0.25) is 0 Å². The normalized spacial score (nSPS) is 18.1. The van der Waals surface area contributed by atoms with Crippen molar-refractivity contribution in [1.82, 2.24) is 0 Å². The Morgan fingerprint density at radius 1 is 1.07 bits per heavy atom. The van der Waals surface area contributed by atoms with E-state index in [0.717, 1.165) is 31.2 Å². The van der Waals surface area contributed by atoms with Crippen LogP contribution in [-0.2, 0) is 5.60 Å². The minimum absolute atomic E-state index is 0.245. The van der Waals surface area contributed by atoms with Crippen molar-refractivity contribution in [2.24, 2.45) is 0 Å². The van der Waals surface area contributed by atoms with E-state index in [1.165, 1.54) is 12.1 Å². The van der Waals surface area contributed by atoms with Gasteiger partial charge in [-0.1, -0.05) is 38.8 Å². The Labute approximate surface area is 90.9 Å². The molecule has 0 aliphatic heterocycles. The van der Waals surface area contributed by atoms with Crippen molar-refractivity contribution < 1.29 is 9.50 Å². The summed E-state index contributed by atoms with van der Waals surface area (Å²) in [4.78, 5) is 0. The van der Waals surface area contributed by atoms with Crippen LogP contribution in [0.1, 0.15) is 45.1 Å². The van der Waals surface area contributed by atoms with Crippen LogP contribution in [0, 0.1) is 5.82 Å². The fourth-order valence-corrected chi connectivity index (χ4v) is 2.01. The van der Waals surface area contributed by atoms with Crippen LogP contribution in [0.4, 0.5) is 4.39 Å². The highest BCUT2D eigenvalue weighted by Gasteiger charge is 2.32. The Bertz CT molecular complexity index is 286. The molecule has 0 aromatic heterocycles. The van der Waals surface area contributed by atoms with Gasteiger partial charge < -0.3 is 5.11 Å². The topological polar surface area (TPSA) is 20.2 Å². The summed E-state index contributed by atoms with van der Waals surface area (Å²) in [6.45, 7) is 4.00. The Morgan fingerprint density at radius 3 is 2.00 bits per heavy atom. The van der Waals surface area contributed by atoms with Crippen molar-refractivity contribution in [2.45, 2.75) is 45.1 Å². The second-order valence-corrected chi connectivity index (χ2v) is 3.75. The minimum atomic E-state index is -0.687. The molecule has 15 heavy (non-hydrogen) atoms. The molecule has 1 fully saturated rings. The SMILES string of the molecule is CC.OC1(c2ccc(F)cc2)CCCC1. The Balaban J connectivity index is 0.000000531. The van der Waals surface area contributed by atoms with Gasteiger partial charge in [-0.3, -0.25) is 0 Å². The molecule has 1 N–H and O–H groups in total. The molecule has 1 saturated carbocycles. The summed E-state index contributed by atoms with van der Waals surface area (Å²) in [5, 5.41) is 10.1. The summed E-state index contributed by atoms with van der Waals surface area (Å²) in [7, 11) is 0. The third-order valence-corrected chi connectivity index (χ3v) is 2.81. The maximum absolute atomic E-state index is 12.6. The lowest BCUT2D eigenvalue weighted by Crippen LogP contribution is -2.20. The molecule has 84 valence electrons. The van der Waals surface area contributed by atoms with E-state index in [-0.39, 0.29) is 5.82 Å². The van der Waals surface area contributed by atoms with E-state index < -0.39 is 5.60 Å². The molecule has 1 nitrogen and oxygen atoms in total. The maximum Gasteiger partial charge on any atom is 0.123 e. The Hall–Kier alpha value is -0.890. The first kappa shape index (κ1) is 12.2. The largest absolute Gasteiger partial charge is 0.385 e. The van der Waals surface area contributed by atoms with Crippen molar-refractivity contribution in [2.75, 3.05) is 0 Å². The van der Waals surface area contributed by atoms with Gasteiger partial charge >= 0.3 is 0 Å². The fraction of sp³-hybridized carbons (Fsp3) is 0.538. The molecule has 1 aromatic carbocycles. The standard InChI is InChI=1S/C11H13FO.C2H6/c12-10-5-3-9(4-6-10)11(13)7-1-2-8-11;1-2/h3-6,13H,1-2,7-8H2;1-2H3. The second kappa shape index (κ2) is 5.26. The smallest absolute Gasteiger partial charge is 0.123 e. The number of rotatable bonds is 1. The first-order valence-corrected chi connectivity index (χ1v) is 5.69. The Morgan fingerprint density at radius 2 is 1.53 bits per heavy atom. The average molecular weight is 210 g/mol. The first-order valence-electron chi connectivity index (χ1n) is 5.69. The predicted molar refractivity (Wildman–Crippen MR) is 60.1 cm³/mol. The van der Waals surface area contributed by atoms with Crippen molar-refractivity contribution >= 4 is 0 Å². The van der Waals surface area contributed by atoms with Crippen molar-refractivity contribution in [1.29, 1.82) is 0 Å². The van der Waals surface area contributed by atoms with Crippen LogP contribution in [-0.4, -0.2) is 5.11 Å². The molecule has 0 radical (unpaired) electrons. The average Bonchev–Trinajstić information content (AvgIpc) is 2.70. The third kappa shape index (κ3) is 2.78. The zero-order chi connectivity index (χ0) is 11.3. The summed E-state index contributed by atoms with van der Waals surface area (Å²) >= 11 is 0. The number of hydrogen-bond donors (Lipinski definition) is 1. The van der Waals surface area contributed by atoms with E-state index in [4.69, 9.17) is 0 Å². The van der Waals surface area contributed by atoms with E-state index in [9.17, 15) is 9.50 Å². The van der Waals surface area contributed by atoms with Crippen LogP contribution in [0.3, 0.4) is 0 Å². The molecule has 1 aromatic rings. The zero-order valence-electron chi connectivity index (χ0n) is 9.46. The molecule has 0 unspecified atom stereocenters. The van der Waals surface area contributed by atoms with Gasteiger partial charge in [-0.25, -0.2) is 4.39 Å². The molecule has 0 bridgehead atoms. The molecule has 0 spiro atoms. The highest BCUT2D eigenvalue weighted by atomic mass is 19.1. The summed E-state index contributed by atoms with van der Waals surface area (Å²) in [5.74, 6) is -0.245. The molecule has 1 aliphatic rings. The van der Waals surface area contributed by atoms with E-state index >= 15 is 0 Å². The van der Waals surface area contributed by atoms with Crippen LogP contribution >= 0.6 is 0 Å². The molecular weight excluding hydrogens is 191 g/mol. The quantitative estimate of drug-likeness (QED) is 0.750. The summed E-state index contributed by atoms with van der Waals surface area (Å²) < 4.78 is 12.6. The van der Waals surface area contributed by atoms with Crippen LogP contribution in [0.25, 0.3) is 0 Å². The molecule has 0 saturated heterocycles. The van der Waals surface area contributed by atoms with Gasteiger partial charge in [-0.2, -0.15) is 0 Å². The molecule has 0 atom stereocenters. The highest BCUT2D eigenvalue weighted by Crippen LogP contribution is 2.38. The van der Waals surface area contributed by atoms with E-state index in [0.29, 0.717) is 0 Å². The van der Waals surface area contributed by atoms with Crippen LogP contribution in [0.2, 0.25) is 0 Å². The molecule has 0 amide bonds. The lowest BCUT2D eigenvalue weighted by Gasteiger charge is -2.22. The number of benzene rings is 1. The molecule has 1 aliphatic carbocycles. The summed E-state index contributed by atoms with van der Waals surface area (Å²) in [6, 6.07) is 6.18. The summed E-state index contributed by atoms with van der Waals surface area (Å²) in [6.07, 6.45) is 3.74. The van der Waals surface area contributed by atoms with E-state index in [1.807, 2.05) is 13.8 Å². The third-order valence-electron chi connectivity index (χ3n) is 2.81. The minimum Gasteiger partial charge on any atom is -0.385 e. The summed E-state index contributed by atoms with van der Waals surface area (Å²) in [5.41, 5.74) is 0.166. The van der Waals surface area contributed by atoms with Crippen molar-refractivity contribution in [3.63, 3.8) is 0 Å². The molecule has 2 rings (SSSR count). The monoisotopic (exact) mass is 210 g/mol. The molecular formula is C13H19FO. The number of aliphatic hydroxyl groups is 1. The van der Waals surface area contributed by atoms with Crippen LogP contribution in [0.5, 0.6) is 0 Å². The second-order valence-electron chi connectivity index (χ2n) is 3.75. The molecule has 0 heterocycles. The van der Waals surface area contributed by atoms with E-state index in [2.05, 4.69) is 0 Å². The van der Waals surface area contributed by atoms with Crippen LogP contribution in [0.15, 0.2) is 24.3 Å². The van der Waals surface area contributed by atoms with Gasteiger partial charge in [0.25, 0.3) is 0 Å². The van der Waals surface area contributed by atoms with Crippen molar-refractivity contribution in [3.8, 4) is 0 Å². The van der Waals surface area contributed by atoms with Crippen LogP contribution < -0.4 is 0 Å². The first-order chi connectivity index (χ1) is 7.21. The van der Waals surface area contributed by atoms with Gasteiger partial charge in [0.05, 0.1) is 5.60 Å². The highest BCUT2D eigenvalue weighted by molar-refractivity contribution is 5.23. The fourth-order valence-electron chi connectivity index (χ4n) is 2.01. The number of hydrogen-bond acceptors (Lipinski definition) is 1. The van der Waals surface area contributed by atoms with Gasteiger partial charge in [0.1, 0.15) is 5.82 Å². The van der Waals surface area contributed by atoms with E-state index in [1.54, 1.807) is 12.1 Å². The van der Waals surface area contributed by atoms with Crippen molar-refractivity contribution in [3.05, 3.63) is 35.6 Å². The van der Waals surface area contributed by atoms with Gasteiger partial charge in [0.15, 0.2) is 0 Å². The maximum atomic E-state index is 12.6. The lowest BCUT2D eigenvalue weighted by molar-refractivity contribution is 0.0444. The van der Waals surface area contributed by atoms with Gasteiger partial charge in [0, 0.05) is 0 Å².